The molecule has 1 aliphatic rings. The van der Waals surface area contributed by atoms with Crippen molar-refractivity contribution in [3.05, 3.63) is 23.3 Å². The van der Waals surface area contributed by atoms with Gasteiger partial charge in [-0.2, -0.15) is 0 Å². The molecule has 2 rings (SSSR count). The van der Waals surface area contributed by atoms with Crippen LogP contribution in [0.25, 0.3) is 0 Å². The fraction of sp³-hybridized carbons (Fsp3) is 0.714. The van der Waals surface area contributed by atoms with Gasteiger partial charge in [0.15, 0.2) is 5.82 Å². The van der Waals surface area contributed by atoms with Gasteiger partial charge in [-0.05, 0) is 26.5 Å². The highest BCUT2D eigenvalue weighted by Crippen LogP contribution is 2.19. The number of hydrogen-bond acceptors (Lipinski definition) is 5. The molecule has 5 nitrogen and oxygen atoms in total. The molecule has 2 atom stereocenters. The topological polar surface area (TPSA) is 64.3 Å². The molecule has 0 radical (unpaired) electrons. The largest absolute Gasteiger partial charge is 0.368 e. The highest BCUT2D eigenvalue weighted by molar-refractivity contribution is 5.13. The van der Waals surface area contributed by atoms with Gasteiger partial charge >= 0.3 is 0 Å². The van der Waals surface area contributed by atoms with Crippen molar-refractivity contribution in [2.24, 2.45) is 5.73 Å². The average Bonchev–Trinajstić information content (AvgIpc) is 2.38. The molecule has 0 aliphatic carbocycles. The van der Waals surface area contributed by atoms with Crippen LogP contribution in [0.4, 0.5) is 0 Å². The third kappa shape index (κ3) is 3.96. The number of aromatic nitrogens is 2. The van der Waals surface area contributed by atoms with Crippen LogP contribution in [0.3, 0.4) is 0 Å². The number of likely N-dealkylation sites (N-methyl/N-ethyl adjacent to an activating group) is 1. The van der Waals surface area contributed by atoms with E-state index in [2.05, 4.69) is 28.8 Å². The van der Waals surface area contributed by atoms with Gasteiger partial charge < -0.3 is 15.4 Å². The van der Waals surface area contributed by atoms with Crippen molar-refractivity contribution in [2.75, 3.05) is 26.7 Å². The van der Waals surface area contributed by atoms with E-state index in [1.807, 2.05) is 13.0 Å². The van der Waals surface area contributed by atoms with Crippen molar-refractivity contribution < 1.29 is 4.74 Å². The first kappa shape index (κ1) is 14.4. The summed E-state index contributed by atoms with van der Waals surface area (Å²) in [5.41, 5.74) is 8.01. The minimum atomic E-state index is -0.0183. The number of hydrogen-bond donors (Lipinski definition) is 1. The normalized spacial score (nSPS) is 22.4. The summed E-state index contributed by atoms with van der Waals surface area (Å²) >= 11 is 0. The van der Waals surface area contributed by atoms with E-state index in [9.17, 15) is 0 Å². The maximum absolute atomic E-state index is 6.01. The second-order valence-electron chi connectivity index (χ2n) is 5.35. The van der Waals surface area contributed by atoms with Gasteiger partial charge in [-0.15, -0.1) is 0 Å². The van der Waals surface area contributed by atoms with Crippen molar-refractivity contribution in [3.63, 3.8) is 0 Å². The lowest BCUT2D eigenvalue weighted by molar-refractivity contribution is -0.0256. The van der Waals surface area contributed by atoms with Crippen LogP contribution in [-0.4, -0.2) is 47.7 Å². The molecule has 19 heavy (non-hydrogen) atoms. The van der Waals surface area contributed by atoms with E-state index in [-0.39, 0.29) is 12.1 Å². The number of nitrogens with two attached hydrogens (primary N) is 1. The second kappa shape index (κ2) is 6.41. The molecule has 2 unspecified atom stereocenters. The molecule has 0 aromatic carbocycles. The highest BCUT2D eigenvalue weighted by atomic mass is 16.5. The lowest BCUT2D eigenvalue weighted by Crippen LogP contribution is -2.36. The molecule has 5 heteroatoms. The number of nitrogens with zero attached hydrogens (tertiary/aromatic N) is 3. The quantitative estimate of drug-likeness (QED) is 0.881. The van der Waals surface area contributed by atoms with Gasteiger partial charge in [-0.3, -0.25) is 0 Å². The lowest BCUT2D eigenvalue weighted by Gasteiger charge is -2.29. The summed E-state index contributed by atoms with van der Waals surface area (Å²) in [6.07, 6.45) is 1.74. The van der Waals surface area contributed by atoms with Gasteiger partial charge in [0.05, 0.1) is 6.61 Å². The van der Waals surface area contributed by atoms with Crippen molar-refractivity contribution in [2.45, 2.75) is 38.8 Å². The van der Waals surface area contributed by atoms with Crippen LogP contribution in [0.15, 0.2) is 6.07 Å². The summed E-state index contributed by atoms with van der Waals surface area (Å²) in [7, 11) is 2.10. The van der Waals surface area contributed by atoms with Crippen LogP contribution in [0, 0.1) is 6.92 Å². The molecule has 1 aromatic heterocycles. The van der Waals surface area contributed by atoms with Gasteiger partial charge in [-0.1, -0.05) is 6.92 Å². The standard InChI is InChI=1S/C14H24N4O/c1-4-11(15)8-12-7-10(2)16-14(17-12)13-9-18(3)5-6-19-13/h7,11,13H,4-6,8-9,15H2,1-3H3. The SMILES string of the molecule is CCC(N)Cc1cc(C)nc(C2CN(C)CCO2)n1. The minimum Gasteiger partial charge on any atom is -0.368 e. The van der Waals surface area contributed by atoms with Gasteiger partial charge in [0.1, 0.15) is 6.10 Å². The number of morpholine rings is 1. The first-order chi connectivity index (χ1) is 9.08. The van der Waals surface area contributed by atoms with Crippen molar-refractivity contribution in [1.82, 2.24) is 14.9 Å². The fourth-order valence-electron chi connectivity index (χ4n) is 2.25. The Bertz CT molecular complexity index is 424. The Morgan fingerprint density at radius 2 is 2.32 bits per heavy atom. The Kier molecular flexibility index (Phi) is 4.85. The third-order valence-electron chi connectivity index (χ3n) is 3.48. The van der Waals surface area contributed by atoms with Crippen LogP contribution < -0.4 is 5.73 Å². The number of aryl methyl sites for hydroxylation is 1. The molecule has 0 saturated carbocycles. The van der Waals surface area contributed by atoms with E-state index in [1.165, 1.54) is 0 Å². The van der Waals surface area contributed by atoms with E-state index in [4.69, 9.17) is 10.5 Å². The van der Waals surface area contributed by atoms with Crippen LogP contribution in [-0.2, 0) is 11.2 Å². The highest BCUT2D eigenvalue weighted by Gasteiger charge is 2.22. The Morgan fingerprint density at radius 1 is 1.53 bits per heavy atom. The predicted octanol–water partition coefficient (Wildman–Crippen LogP) is 1.07. The Morgan fingerprint density at radius 3 is 3.00 bits per heavy atom. The average molecular weight is 264 g/mol. The minimum absolute atomic E-state index is 0.0183. The number of rotatable bonds is 4. The lowest BCUT2D eigenvalue weighted by atomic mass is 10.1. The summed E-state index contributed by atoms with van der Waals surface area (Å²) in [5, 5.41) is 0. The summed E-state index contributed by atoms with van der Waals surface area (Å²) in [6.45, 7) is 6.65. The predicted molar refractivity (Wildman–Crippen MR) is 74.9 cm³/mol. The Labute approximate surface area is 115 Å². The van der Waals surface area contributed by atoms with Gasteiger partial charge in [0.2, 0.25) is 0 Å². The maximum Gasteiger partial charge on any atom is 0.158 e. The molecular formula is C14H24N4O. The van der Waals surface area contributed by atoms with E-state index in [0.717, 1.165) is 49.8 Å². The van der Waals surface area contributed by atoms with E-state index >= 15 is 0 Å². The Balaban J connectivity index is 2.16. The van der Waals surface area contributed by atoms with Crippen LogP contribution in [0.1, 0.15) is 36.7 Å². The molecule has 2 heterocycles. The number of ether oxygens (including phenoxy) is 1. The van der Waals surface area contributed by atoms with Crippen LogP contribution in [0.2, 0.25) is 0 Å². The maximum atomic E-state index is 6.01. The van der Waals surface area contributed by atoms with Gasteiger partial charge in [0, 0.05) is 36.9 Å². The summed E-state index contributed by atoms with van der Waals surface area (Å²) in [4.78, 5) is 11.4. The first-order valence-electron chi connectivity index (χ1n) is 6.98. The monoisotopic (exact) mass is 264 g/mol. The van der Waals surface area contributed by atoms with Gasteiger partial charge in [0.25, 0.3) is 0 Å². The van der Waals surface area contributed by atoms with Gasteiger partial charge in [-0.25, -0.2) is 9.97 Å². The summed E-state index contributed by atoms with van der Waals surface area (Å²) < 4.78 is 5.78. The van der Waals surface area contributed by atoms with Crippen molar-refractivity contribution in [1.29, 1.82) is 0 Å². The van der Waals surface area contributed by atoms with E-state index in [1.54, 1.807) is 0 Å². The second-order valence-corrected chi connectivity index (χ2v) is 5.35. The molecule has 1 aliphatic heterocycles. The molecular weight excluding hydrogens is 240 g/mol. The molecule has 1 fully saturated rings. The molecule has 2 N–H and O–H groups in total. The molecule has 1 aromatic rings. The van der Waals surface area contributed by atoms with Crippen LogP contribution >= 0.6 is 0 Å². The molecule has 1 saturated heterocycles. The van der Waals surface area contributed by atoms with E-state index in [0.29, 0.717) is 0 Å². The van der Waals surface area contributed by atoms with Crippen molar-refractivity contribution in [3.8, 4) is 0 Å². The Hall–Kier alpha value is -1.04. The zero-order chi connectivity index (χ0) is 13.8. The first-order valence-corrected chi connectivity index (χ1v) is 6.98. The van der Waals surface area contributed by atoms with Crippen molar-refractivity contribution >= 4 is 0 Å². The molecule has 0 amide bonds. The smallest absolute Gasteiger partial charge is 0.158 e. The zero-order valence-corrected chi connectivity index (χ0v) is 12.1. The zero-order valence-electron chi connectivity index (χ0n) is 12.1. The van der Waals surface area contributed by atoms with E-state index < -0.39 is 0 Å². The molecule has 0 bridgehead atoms. The fourth-order valence-corrected chi connectivity index (χ4v) is 2.25. The summed E-state index contributed by atoms with van der Waals surface area (Å²) in [6, 6.07) is 2.18. The molecule has 0 spiro atoms. The molecule has 106 valence electrons. The third-order valence-corrected chi connectivity index (χ3v) is 3.48. The summed E-state index contributed by atoms with van der Waals surface area (Å²) in [5.74, 6) is 0.796. The van der Waals surface area contributed by atoms with Crippen LogP contribution in [0.5, 0.6) is 0 Å².